The van der Waals surface area contributed by atoms with E-state index in [2.05, 4.69) is 5.10 Å². The maximum absolute atomic E-state index is 5.83. The Kier molecular flexibility index (Phi) is 2.81. The molecule has 16 heavy (non-hydrogen) atoms. The van der Waals surface area contributed by atoms with Gasteiger partial charge >= 0.3 is 0 Å². The third kappa shape index (κ3) is 2.16. The number of nitrogens with two attached hydrogens (primary N) is 1. The summed E-state index contributed by atoms with van der Waals surface area (Å²) in [6.07, 6.45) is 0. The van der Waals surface area contributed by atoms with Crippen molar-refractivity contribution in [3.8, 4) is 5.75 Å². The molecule has 0 unspecified atom stereocenters. The lowest BCUT2D eigenvalue weighted by Crippen LogP contribution is -2.05. The molecule has 1 aromatic heterocycles. The summed E-state index contributed by atoms with van der Waals surface area (Å²) in [4.78, 5) is 0. The second kappa shape index (κ2) is 4.26. The minimum atomic E-state index is 0.664. The number of aryl methyl sites for hydroxylation is 1. The Morgan fingerprint density at radius 3 is 2.81 bits per heavy atom. The molecular weight excluding hydrogens is 202 g/mol. The highest BCUT2D eigenvalue weighted by Crippen LogP contribution is 2.15. The molecule has 4 nitrogen and oxygen atoms in total. The van der Waals surface area contributed by atoms with Crippen molar-refractivity contribution in [2.24, 2.45) is 0 Å². The fraction of sp³-hybridized carbons (Fsp3) is 0.250. The van der Waals surface area contributed by atoms with Crippen molar-refractivity contribution in [3.05, 3.63) is 41.6 Å². The monoisotopic (exact) mass is 217 g/mol. The first-order valence-electron chi connectivity index (χ1n) is 5.12. The summed E-state index contributed by atoms with van der Waals surface area (Å²) in [5.41, 5.74) is 7.88. The van der Waals surface area contributed by atoms with Crippen LogP contribution in [0, 0.1) is 6.92 Å². The molecule has 0 radical (unpaired) electrons. The van der Waals surface area contributed by atoms with E-state index in [1.807, 2.05) is 37.3 Å². The number of nitrogens with zero attached hydrogens (tertiary/aromatic N) is 2. The molecule has 0 saturated carbocycles. The van der Waals surface area contributed by atoms with Gasteiger partial charge in [0.05, 0.1) is 19.3 Å². The van der Waals surface area contributed by atoms with Gasteiger partial charge in [-0.15, -0.1) is 0 Å². The zero-order valence-electron chi connectivity index (χ0n) is 9.47. The van der Waals surface area contributed by atoms with Crippen molar-refractivity contribution in [2.45, 2.75) is 13.5 Å². The SMILES string of the molecule is COc1cccc(Cn2nc(C)cc2N)c1. The van der Waals surface area contributed by atoms with Gasteiger partial charge in [-0.2, -0.15) is 5.10 Å². The smallest absolute Gasteiger partial charge is 0.122 e. The Hall–Kier alpha value is -1.97. The molecule has 1 heterocycles. The Balaban J connectivity index is 2.23. The summed E-state index contributed by atoms with van der Waals surface area (Å²) in [5.74, 6) is 1.53. The molecule has 0 atom stereocenters. The molecule has 1 aromatic carbocycles. The number of ether oxygens (including phenoxy) is 1. The maximum atomic E-state index is 5.83. The summed E-state index contributed by atoms with van der Waals surface area (Å²) in [5, 5.41) is 4.31. The summed E-state index contributed by atoms with van der Waals surface area (Å²) in [6.45, 7) is 2.59. The fourth-order valence-corrected chi connectivity index (χ4v) is 1.64. The molecule has 0 aliphatic carbocycles. The quantitative estimate of drug-likeness (QED) is 0.853. The number of methoxy groups -OCH3 is 1. The molecule has 2 rings (SSSR count). The van der Waals surface area contributed by atoms with Crippen molar-refractivity contribution in [1.29, 1.82) is 0 Å². The van der Waals surface area contributed by atoms with Gasteiger partial charge in [0.15, 0.2) is 0 Å². The molecule has 2 N–H and O–H groups in total. The first kappa shape index (κ1) is 10.5. The van der Waals surface area contributed by atoms with Crippen LogP contribution in [0.2, 0.25) is 0 Å². The number of benzene rings is 1. The Morgan fingerprint density at radius 1 is 1.38 bits per heavy atom. The van der Waals surface area contributed by atoms with Crippen molar-refractivity contribution >= 4 is 5.82 Å². The summed E-state index contributed by atoms with van der Waals surface area (Å²) >= 11 is 0. The molecule has 2 aromatic rings. The van der Waals surface area contributed by atoms with E-state index in [1.165, 1.54) is 0 Å². The van der Waals surface area contributed by atoms with E-state index < -0.39 is 0 Å². The third-order valence-corrected chi connectivity index (χ3v) is 2.40. The molecule has 0 spiro atoms. The van der Waals surface area contributed by atoms with E-state index in [4.69, 9.17) is 10.5 Å². The van der Waals surface area contributed by atoms with Crippen LogP contribution in [0.1, 0.15) is 11.3 Å². The van der Waals surface area contributed by atoms with E-state index in [0.29, 0.717) is 12.4 Å². The van der Waals surface area contributed by atoms with Crippen LogP contribution in [0.4, 0.5) is 5.82 Å². The zero-order valence-corrected chi connectivity index (χ0v) is 9.47. The van der Waals surface area contributed by atoms with Crippen LogP contribution in [0.5, 0.6) is 5.75 Å². The summed E-state index contributed by atoms with van der Waals surface area (Å²) in [7, 11) is 1.66. The van der Waals surface area contributed by atoms with Gasteiger partial charge in [-0.1, -0.05) is 12.1 Å². The van der Waals surface area contributed by atoms with Gasteiger partial charge in [0, 0.05) is 6.07 Å². The van der Waals surface area contributed by atoms with Gasteiger partial charge in [0.1, 0.15) is 11.6 Å². The highest BCUT2D eigenvalue weighted by molar-refractivity contribution is 5.33. The van der Waals surface area contributed by atoms with Gasteiger partial charge in [-0.3, -0.25) is 0 Å². The van der Waals surface area contributed by atoms with E-state index in [9.17, 15) is 0 Å². The molecule has 0 bridgehead atoms. The standard InChI is InChI=1S/C12H15N3O/c1-9-6-12(13)15(14-9)8-10-4-3-5-11(7-10)16-2/h3-7H,8,13H2,1-2H3. The average Bonchev–Trinajstić information content (AvgIpc) is 2.58. The number of nitrogen functional groups attached to an aromatic ring is 1. The normalized spacial score (nSPS) is 10.4. The van der Waals surface area contributed by atoms with Crippen molar-refractivity contribution in [2.75, 3.05) is 12.8 Å². The van der Waals surface area contributed by atoms with Gasteiger partial charge in [-0.25, -0.2) is 4.68 Å². The van der Waals surface area contributed by atoms with E-state index in [-0.39, 0.29) is 0 Å². The third-order valence-electron chi connectivity index (χ3n) is 2.40. The van der Waals surface area contributed by atoms with Crippen LogP contribution in [0.3, 0.4) is 0 Å². The molecule has 0 fully saturated rings. The van der Waals surface area contributed by atoms with Gasteiger partial charge in [0.25, 0.3) is 0 Å². The number of anilines is 1. The Bertz CT molecular complexity index is 491. The van der Waals surface area contributed by atoms with Crippen molar-refractivity contribution in [1.82, 2.24) is 9.78 Å². The van der Waals surface area contributed by atoms with E-state index in [1.54, 1.807) is 11.8 Å². The van der Waals surface area contributed by atoms with Gasteiger partial charge < -0.3 is 10.5 Å². The summed E-state index contributed by atoms with van der Waals surface area (Å²) in [6, 6.07) is 9.75. The molecule has 84 valence electrons. The predicted octanol–water partition coefficient (Wildman–Crippen LogP) is 1.83. The molecule has 4 heteroatoms. The number of rotatable bonds is 3. The van der Waals surface area contributed by atoms with Gasteiger partial charge in [0.2, 0.25) is 0 Å². The Morgan fingerprint density at radius 2 is 2.19 bits per heavy atom. The highest BCUT2D eigenvalue weighted by atomic mass is 16.5. The zero-order chi connectivity index (χ0) is 11.5. The molecule has 0 aliphatic heterocycles. The summed E-state index contributed by atoms with van der Waals surface area (Å²) < 4.78 is 6.95. The topological polar surface area (TPSA) is 53.1 Å². The highest BCUT2D eigenvalue weighted by Gasteiger charge is 2.03. The van der Waals surface area contributed by atoms with Crippen molar-refractivity contribution < 1.29 is 4.74 Å². The predicted molar refractivity (Wildman–Crippen MR) is 63.5 cm³/mol. The lowest BCUT2D eigenvalue weighted by Gasteiger charge is -2.06. The second-order valence-corrected chi connectivity index (χ2v) is 3.72. The maximum Gasteiger partial charge on any atom is 0.122 e. The molecule has 0 aliphatic rings. The van der Waals surface area contributed by atoms with Crippen LogP contribution in [-0.2, 0) is 6.54 Å². The van der Waals surface area contributed by atoms with Crippen molar-refractivity contribution in [3.63, 3.8) is 0 Å². The molecule has 0 amide bonds. The lowest BCUT2D eigenvalue weighted by atomic mass is 10.2. The van der Waals surface area contributed by atoms with Crippen LogP contribution in [-0.4, -0.2) is 16.9 Å². The fourth-order valence-electron chi connectivity index (χ4n) is 1.64. The average molecular weight is 217 g/mol. The van der Waals surface area contributed by atoms with E-state index >= 15 is 0 Å². The second-order valence-electron chi connectivity index (χ2n) is 3.72. The van der Waals surface area contributed by atoms with Crippen LogP contribution >= 0.6 is 0 Å². The van der Waals surface area contributed by atoms with Crippen LogP contribution < -0.4 is 10.5 Å². The minimum absolute atomic E-state index is 0.664. The molecule has 0 saturated heterocycles. The number of hydrogen-bond acceptors (Lipinski definition) is 3. The Labute approximate surface area is 94.6 Å². The van der Waals surface area contributed by atoms with Gasteiger partial charge in [-0.05, 0) is 24.6 Å². The minimum Gasteiger partial charge on any atom is -0.497 e. The largest absolute Gasteiger partial charge is 0.497 e. The number of hydrogen-bond donors (Lipinski definition) is 1. The van der Waals surface area contributed by atoms with Crippen LogP contribution in [0.25, 0.3) is 0 Å². The first-order chi connectivity index (χ1) is 7.69. The van der Waals surface area contributed by atoms with E-state index in [0.717, 1.165) is 17.0 Å². The molecular formula is C12H15N3O. The van der Waals surface area contributed by atoms with Crippen LogP contribution in [0.15, 0.2) is 30.3 Å². The number of aromatic nitrogens is 2. The lowest BCUT2D eigenvalue weighted by molar-refractivity contribution is 0.414. The first-order valence-corrected chi connectivity index (χ1v) is 5.12.